The topological polar surface area (TPSA) is 0 Å². The lowest BCUT2D eigenvalue weighted by atomic mass is 9.93. The van der Waals surface area contributed by atoms with E-state index in [2.05, 4.69) is 110 Å². The van der Waals surface area contributed by atoms with Gasteiger partial charge in [-0.2, -0.15) is 0 Å². The first-order valence-electron chi connectivity index (χ1n) is 9.89. The molecule has 0 aliphatic heterocycles. The first-order valence-corrected chi connectivity index (χ1v) is 9.89. The average Bonchev–Trinajstić information content (AvgIpc) is 2.76. The molecule has 134 valence electrons. The summed E-state index contributed by atoms with van der Waals surface area (Å²) in [5.41, 5.74) is 2.81. The minimum Gasteiger partial charge on any atom is -0.0798 e. The molecule has 0 heterocycles. The molecular formula is C28H22. The van der Waals surface area contributed by atoms with E-state index in [4.69, 9.17) is 0 Å². The van der Waals surface area contributed by atoms with Crippen LogP contribution in [0.15, 0.2) is 91.0 Å². The average molecular weight is 358 g/mol. The highest BCUT2D eigenvalue weighted by molar-refractivity contribution is 6.10. The van der Waals surface area contributed by atoms with Crippen molar-refractivity contribution in [2.24, 2.45) is 0 Å². The number of benzene rings is 5. The number of rotatable bonds is 0. The summed E-state index contributed by atoms with van der Waals surface area (Å²) in [6, 6.07) is 30.4. The van der Waals surface area contributed by atoms with Crippen LogP contribution in [0.2, 0.25) is 0 Å². The summed E-state index contributed by atoms with van der Waals surface area (Å²) in [5.74, 6) is 0. The summed E-state index contributed by atoms with van der Waals surface area (Å²) in [6.45, 7) is 2.09. The Morgan fingerprint density at radius 2 is 1.29 bits per heavy atom. The lowest BCUT2D eigenvalue weighted by Crippen LogP contribution is -2.00. The van der Waals surface area contributed by atoms with Gasteiger partial charge in [-0.25, -0.2) is 0 Å². The highest BCUT2D eigenvalue weighted by Crippen LogP contribution is 2.28. The number of hydrogen-bond acceptors (Lipinski definition) is 0. The van der Waals surface area contributed by atoms with E-state index < -0.39 is 0 Å². The molecule has 6 rings (SSSR count). The Labute approximate surface area is 165 Å². The zero-order chi connectivity index (χ0) is 18.9. The summed E-state index contributed by atoms with van der Waals surface area (Å²) in [7, 11) is 0. The standard InChI is InChI=1S/C15H12.C13H10/c1-2-11-9-10-13-6-3-5-12-7-4-8-14(11)15(12)13;1-4-10-6-2-8-12-9-3-7-11(5-1)13(10)12/h2-10H,1H3;1-8H,9H2. The molecule has 0 N–H and O–H groups in total. The number of allylic oxidation sites excluding steroid dienone is 1. The Morgan fingerprint density at radius 1 is 0.643 bits per heavy atom. The van der Waals surface area contributed by atoms with Crippen LogP contribution in [0.5, 0.6) is 0 Å². The fraction of sp³-hybridized carbons (Fsp3) is 0.0714. The van der Waals surface area contributed by atoms with Gasteiger partial charge in [0, 0.05) is 0 Å². The molecule has 0 atom stereocenters. The van der Waals surface area contributed by atoms with E-state index in [-0.39, 0.29) is 0 Å². The van der Waals surface area contributed by atoms with Gasteiger partial charge in [0.25, 0.3) is 0 Å². The fourth-order valence-electron chi connectivity index (χ4n) is 4.34. The van der Waals surface area contributed by atoms with Crippen LogP contribution in [0.3, 0.4) is 0 Å². The molecule has 0 aromatic heterocycles. The zero-order valence-corrected chi connectivity index (χ0v) is 16.0. The van der Waals surface area contributed by atoms with Crippen LogP contribution >= 0.6 is 0 Å². The third-order valence-electron chi connectivity index (χ3n) is 5.66. The molecule has 5 aromatic rings. The largest absolute Gasteiger partial charge is 0.0798 e. The van der Waals surface area contributed by atoms with Crippen molar-refractivity contribution in [1.82, 2.24) is 0 Å². The van der Waals surface area contributed by atoms with Crippen LogP contribution in [-0.4, -0.2) is 0 Å². The van der Waals surface area contributed by atoms with Gasteiger partial charge in [0.1, 0.15) is 0 Å². The third-order valence-corrected chi connectivity index (χ3v) is 5.66. The predicted octanol–water partition coefficient (Wildman–Crippen LogP) is 6.92. The maximum Gasteiger partial charge on any atom is -0.00330 e. The van der Waals surface area contributed by atoms with E-state index in [0.717, 1.165) is 6.42 Å². The Morgan fingerprint density at radius 3 is 2.07 bits per heavy atom. The first kappa shape index (κ1) is 16.8. The van der Waals surface area contributed by atoms with Crippen molar-refractivity contribution < 1.29 is 0 Å². The smallest absolute Gasteiger partial charge is 0.00330 e. The van der Waals surface area contributed by atoms with Gasteiger partial charge in [-0.3, -0.25) is 0 Å². The molecular weight excluding hydrogens is 336 g/mol. The second-order valence-corrected chi connectivity index (χ2v) is 7.30. The normalized spacial score (nSPS) is 13.1. The maximum absolute atomic E-state index is 2.23. The van der Waals surface area contributed by atoms with Crippen molar-refractivity contribution in [3.63, 3.8) is 0 Å². The second kappa shape index (κ2) is 6.98. The van der Waals surface area contributed by atoms with E-state index in [1.165, 1.54) is 48.7 Å². The van der Waals surface area contributed by atoms with Crippen molar-refractivity contribution in [2.75, 3.05) is 0 Å². The molecule has 0 heteroatoms. The fourth-order valence-corrected chi connectivity index (χ4v) is 4.34. The Kier molecular flexibility index (Phi) is 4.18. The Hall–Kier alpha value is -3.38. The van der Waals surface area contributed by atoms with Gasteiger partial charge in [-0.1, -0.05) is 103 Å². The quantitative estimate of drug-likeness (QED) is 0.282. The SMILES string of the molecule is C1=Cc2cccc3cccc(c23)C1.CC=c1ccc2cccc3cccc1c32. The van der Waals surface area contributed by atoms with Crippen LogP contribution in [0.1, 0.15) is 18.1 Å². The van der Waals surface area contributed by atoms with E-state index in [1.807, 2.05) is 0 Å². The molecule has 28 heavy (non-hydrogen) atoms. The zero-order valence-electron chi connectivity index (χ0n) is 16.0. The molecule has 5 aromatic carbocycles. The summed E-state index contributed by atoms with van der Waals surface area (Å²) in [5, 5.41) is 9.51. The lowest BCUT2D eigenvalue weighted by Gasteiger charge is -2.11. The molecule has 0 spiro atoms. The molecule has 0 saturated carbocycles. The van der Waals surface area contributed by atoms with Crippen LogP contribution in [0.4, 0.5) is 0 Å². The Balaban J connectivity index is 0.000000123. The lowest BCUT2D eigenvalue weighted by molar-refractivity contribution is 1.29. The summed E-state index contributed by atoms with van der Waals surface area (Å²) >= 11 is 0. The van der Waals surface area contributed by atoms with Gasteiger partial charge in [-0.05, 0) is 62.0 Å². The molecule has 0 saturated heterocycles. The molecule has 0 amide bonds. The maximum atomic E-state index is 2.23. The molecule has 1 aliphatic rings. The summed E-state index contributed by atoms with van der Waals surface area (Å²) in [6.07, 6.45) is 7.70. The molecule has 0 radical (unpaired) electrons. The highest BCUT2D eigenvalue weighted by atomic mass is 14.1. The third kappa shape index (κ3) is 2.78. The van der Waals surface area contributed by atoms with E-state index in [9.17, 15) is 0 Å². The predicted molar refractivity (Wildman–Crippen MR) is 123 cm³/mol. The van der Waals surface area contributed by atoms with Crippen molar-refractivity contribution in [1.29, 1.82) is 0 Å². The van der Waals surface area contributed by atoms with Crippen LogP contribution < -0.4 is 5.22 Å². The van der Waals surface area contributed by atoms with Gasteiger partial charge in [0.2, 0.25) is 0 Å². The molecule has 1 aliphatic carbocycles. The minimum absolute atomic E-state index is 1.08. The van der Waals surface area contributed by atoms with Gasteiger partial charge in [-0.15, -0.1) is 0 Å². The van der Waals surface area contributed by atoms with Crippen molar-refractivity contribution in [3.05, 3.63) is 107 Å². The molecule has 0 fully saturated rings. The van der Waals surface area contributed by atoms with Gasteiger partial charge in [0.05, 0.1) is 0 Å². The van der Waals surface area contributed by atoms with E-state index >= 15 is 0 Å². The summed E-state index contributed by atoms with van der Waals surface area (Å²) in [4.78, 5) is 0. The highest BCUT2D eigenvalue weighted by Gasteiger charge is 2.06. The van der Waals surface area contributed by atoms with Crippen molar-refractivity contribution in [2.45, 2.75) is 13.3 Å². The molecule has 0 unspecified atom stereocenters. The van der Waals surface area contributed by atoms with Gasteiger partial charge >= 0.3 is 0 Å². The molecule has 0 nitrogen and oxygen atoms in total. The van der Waals surface area contributed by atoms with Crippen LogP contribution in [0, 0.1) is 0 Å². The van der Waals surface area contributed by atoms with E-state index in [1.54, 1.807) is 0 Å². The van der Waals surface area contributed by atoms with Gasteiger partial charge < -0.3 is 0 Å². The van der Waals surface area contributed by atoms with Crippen LogP contribution in [-0.2, 0) is 6.42 Å². The van der Waals surface area contributed by atoms with Gasteiger partial charge in [0.15, 0.2) is 0 Å². The van der Waals surface area contributed by atoms with Crippen molar-refractivity contribution in [3.8, 4) is 0 Å². The Bertz CT molecular complexity index is 1360. The first-order chi connectivity index (χ1) is 13.8. The summed E-state index contributed by atoms with van der Waals surface area (Å²) < 4.78 is 0. The second-order valence-electron chi connectivity index (χ2n) is 7.30. The number of hydrogen-bond donors (Lipinski definition) is 0. The van der Waals surface area contributed by atoms with Crippen LogP contribution in [0.25, 0.3) is 44.5 Å². The molecule has 0 bridgehead atoms. The van der Waals surface area contributed by atoms with E-state index in [0.29, 0.717) is 0 Å². The minimum atomic E-state index is 1.08. The monoisotopic (exact) mass is 358 g/mol. The van der Waals surface area contributed by atoms with Crippen molar-refractivity contribution >= 4 is 44.5 Å².